The Morgan fingerprint density at radius 1 is 1.41 bits per heavy atom. The van der Waals surface area contributed by atoms with Crippen molar-refractivity contribution in [2.24, 2.45) is 11.7 Å². The van der Waals surface area contributed by atoms with E-state index in [1.165, 1.54) is 0 Å². The Bertz CT molecular complexity index is 454. The number of aromatic nitrogens is 1. The second-order valence-electron chi connectivity index (χ2n) is 4.57. The molecule has 0 bridgehead atoms. The van der Waals surface area contributed by atoms with E-state index in [0.717, 1.165) is 36.4 Å². The highest BCUT2D eigenvalue weighted by molar-refractivity contribution is 7.91. The van der Waals surface area contributed by atoms with Gasteiger partial charge in [0.1, 0.15) is 9.84 Å². The predicted octanol–water partition coefficient (Wildman–Crippen LogP) is 1.01. The van der Waals surface area contributed by atoms with E-state index in [1.807, 2.05) is 0 Å². The monoisotopic (exact) mass is 274 g/mol. The molecule has 1 aliphatic rings. The zero-order valence-electron chi connectivity index (χ0n) is 9.76. The molecule has 2 rings (SSSR count). The lowest BCUT2D eigenvalue weighted by molar-refractivity contribution is 0.462. The maximum atomic E-state index is 11.3. The minimum atomic E-state index is -2.74. The fourth-order valence-electron chi connectivity index (χ4n) is 2.10. The normalized spacial score (nSPS) is 20.5. The number of sulfone groups is 1. The highest BCUT2D eigenvalue weighted by Crippen LogP contribution is 2.24. The first-order valence-corrected chi connectivity index (χ1v) is 8.63. The molecule has 0 spiro atoms. The van der Waals surface area contributed by atoms with Crippen LogP contribution < -0.4 is 5.73 Å². The Morgan fingerprint density at radius 3 is 2.76 bits per heavy atom. The molecule has 1 saturated heterocycles. The van der Waals surface area contributed by atoms with Gasteiger partial charge in [-0.1, -0.05) is 0 Å². The summed E-state index contributed by atoms with van der Waals surface area (Å²) >= 11 is 1.67. The second kappa shape index (κ2) is 5.46. The molecule has 0 radical (unpaired) electrons. The first kappa shape index (κ1) is 13.0. The standard InChI is InChI=1S/C11H18N2O2S2/c12-4-1-10-8-16-11(13-10)7-9-2-5-17(14,15)6-3-9/h8-9H,1-7,12H2. The first-order valence-electron chi connectivity index (χ1n) is 5.93. The number of nitrogens with two attached hydrogens (primary N) is 1. The average Bonchev–Trinajstić information content (AvgIpc) is 2.70. The van der Waals surface area contributed by atoms with Crippen LogP contribution in [-0.4, -0.2) is 31.5 Å². The molecule has 1 aromatic rings. The quantitative estimate of drug-likeness (QED) is 0.889. The van der Waals surface area contributed by atoms with Crippen LogP contribution in [0.15, 0.2) is 5.38 Å². The third-order valence-corrected chi connectivity index (χ3v) is 5.77. The zero-order valence-corrected chi connectivity index (χ0v) is 11.4. The molecule has 0 aliphatic carbocycles. The van der Waals surface area contributed by atoms with E-state index in [-0.39, 0.29) is 0 Å². The lowest BCUT2D eigenvalue weighted by Crippen LogP contribution is -2.24. The van der Waals surface area contributed by atoms with E-state index in [9.17, 15) is 8.42 Å². The Balaban J connectivity index is 1.88. The van der Waals surface area contributed by atoms with Crippen molar-refractivity contribution in [3.05, 3.63) is 16.1 Å². The number of hydrogen-bond donors (Lipinski definition) is 1. The highest BCUT2D eigenvalue weighted by Gasteiger charge is 2.24. The van der Waals surface area contributed by atoms with Crippen molar-refractivity contribution >= 4 is 21.2 Å². The third kappa shape index (κ3) is 3.76. The van der Waals surface area contributed by atoms with E-state index in [0.29, 0.717) is 24.0 Å². The largest absolute Gasteiger partial charge is 0.330 e. The van der Waals surface area contributed by atoms with Crippen molar-refractivity contribution in [3.8, 4) is 0 Å². The van der Waals surface area contributed by atoms with Gasteiger partial charge in [0, 0.05) is 18.2 Å². The van der Waals surface area contributed by atoms with E-state index in [2.05, 4.69) is 10.4 Å². The topological polar surface area (TPSA) is 73.1 Å². The summed E-state index contributed by atoms with van der Waals surface area (Å²) in [5.74, 6) is 1.17. The van der Waals surface area contributed by atoms with E-state index >= 15 is 0 Å². The van der Waals surface area contributed by atoms with E-state index in [1.54, 1.807) is 11.3 Å². The molecule has 1 aliphatic heterocycles. The summed E-state index contributed by atoms with van der Waals surface area (Å²) in [7, 11) is -2.74. The molecule has 0 saturated carbocycles. The summed E-state index contributed by atoms with van der Waals surface area (Å²) in [6, 6.07) is 0. The van der Waals surface area contributed by atoms with Gasteiger partial charge in [0.15, 0.2) is 0 Å². The van der Waals surface area contributed by atoms with Gasteiger partial charge in [0.2, 0.25) is 0 Å². The molecule has 6 heteroatoms. The van der Waals surface area contributed by atoms with Crippen LogP contribution in [0, 0.1) is 5.92 Å². The van der Waals surface area contributed by atoms with Crippen molar-refractivity contribution in [1.82, 2.24) is 4.98 Å². The molecule has 0 amide bonds. The van der Waals surface area contributed by atoms with Crippen LogP contribution in [0.2, 0.25) is 0 Å². The van der Waals surface area contributed by atoms with Gasteiger partial charge < -0.3 is 5.73 Å². The Morgan fingerprint density at radius 2 is 2.12 bits per heavy atom. The molecular weight excluding hydrogens is 256 g/mol. The third-order valence-electron chi connectivity index (χ3n) is 3.14. The molecule has 17 heavy (non-hydrogen) atoms. The summed E-state index contributed by atoms with van der Waals surface area (Å²) in [5, 5.41) is 3.18. The Labute approximate surface area is 106 Å². The molecule has 96 valence electrons. The van der Waals surface area contributed by atoms with Gasteiger partial charge >= 0.3 is 0 Å². The van der Waals surface area contributed by atoms with Crippen LogP contribution in [0.25, 0.3) is 0 Å². The predicted molar refractivity (Wildman–Crippen MR) is 70.0 cm³/mol. The maximum absolute atomic E-state index is 11.3. The van der Waals surface area contributed by atoms with Gasteiger partial charge in [-0.05, 0) is 25.3 Å². The number of hydrogen-bond acceptors (Lipinski definition) is 5. The van der Waals surface area contributed by atoms with Crippen molar-refractivity contribution in [2.75, 3.05) is 18.1 Å². The molecule has 0 unspecified atom stereocenters. The molecular formula is C11H18N2O2S2. The fourth-order valence-corrected chi connectivity index (χ4v) is 4.63. The van der Waals surface area contributed by atoms with Crippen molar-refractivity contribution in [3.63, 3.8) is 0 Å². The minimum absolute atomic E-state index is 0.346. The molecule has 2 N–H and O–H groups in total. The lowest BCUT2D eigenvalue weighted by Gasteiger charge is -2.20. The van der Waals surface area contributed by atoms with Crippen LogP contribution in [0.5, 0.6) is 0 Å². The smallest absolute Gasteiger partial charge is 0.150 e. The molecule has 0 atom stereocenters. The molecule has 4 nitrogen and oxygen atoms in total. The van der Waals surface area contributed by atoms with Crippen LogP contribution in [-0.2, 0) is 22.7 Å². The molecule has 1 fully saturated rings. The summed E-state index contributed by atoms with van der Waals surface area (Å²) in [4.78, 5) is 4.52. The van der Waals surface area contributed by atoms with Crippen LogP contribution in [0.3, 0.4) is 0 Å². The molecule has 2 heterocycles. The minimum Gasteiger partial charge on any atom is -0.330 e. The fraction of sp³-hybridized carbons (Fsp3) is 0.727. The number of rotatable bonds is 4. The lowest BCUT2D eigenvalue weighted by atomic mass is 9.99. The van der Waals surface area contributed by atoms with Gasteiger partial charge in [-0.15, -0.1) is 11.3 Å². The SMILES string of the molecule is NCCc1csc(CC2CCS(=O)(=O)CC2)n1. The van der Waals surface area contributed by atoms with Gasteiger partial charge in [-0.25, -0.2) is 13.4 Å². The average molecular weight is 274 g/mol. The summed E-state index contributed by atoms with van der Waals surface area (Å²) in [6.07, 6.45) is 3.32. The van der Waals surface area contributed by atoms with E-state index in [4.69, 9.17) is 5.73 Å². The number of nitrogens with zero attached hydrogens (tertiary/aromatic N) is 1. The van der Waals surface area contributed by atoms with Crippen molar-refractivity contribution in [2.45, 2.75) is 25.7 Å². The Kier molecular flexibility index (Phi) is 4.17. The summed E-state index contributed by atoms with van der Waals surface area (Å²) in [5.41, 5.74) is 6.55. The van der Waals surface area contributed by atoms with Gasteiger partial charge in [-0.3, -0.25) is 0 Å². The summed E-state index contributed by atoms with van der Waals surface area (Å²) < 4.78 is 22.6. The highest BCUT2D eigenvalue weighted by atomic mass is 32.2. The van der Waals surface area contributed by atoms with Crippen LogP contribution >= 0.6 is 11.3 Å². The summed E-state index contributed by atoms with van der Waals surface area (Å²) in [6.45, 7) is 0.630. The van der Waals surface area contributed by atoms with Gasteiger partial charge in [0.05, 0.1) is 22.2 Å². The van der Waals surface area contributed by atoms with Gasteiger partial charge in [-0.2, -0.15) is 0 Å². The maximum Gasteiger partial charge on any atom is 0.150 e. The number of thiazole rings is 1. The molecule has 1 aromatic heterocycles. The van der Waals surface area contributed by atoms with E-state index < -0.39 is 9.84 Å². The van der Waals surface area contributed by atoms with Crippen LogP contribution in [0.4, 0.5) is 0 Å². The van der Waals surface area contributed by atoms with Crippen LogP contribution in [0.1, 0.15) is 23.5 Å². The van der Waals surface area contributed by atoms with Crippen molar-refractivity contribution < 1.29 is 8.42 Å². The zero-order chi connectivity index (χ0) is 12.3. The van der Waals surface area contributed by atoms with Gasteiger partial charge in [0.25, 0.3) is 0 Å². The first-order chi connectivity index (χ1) is 8.09. The van der Waals surface area contributed by atoms with Crippen molar-refractivity contribution in [1.29, 1.82) is 0 Å². The second-order valence-corrected chi connectivity index (χ2v) is 7.82. The molecule has 0 aromatic carbocycles. The Hall–Kier alpha value is -0.460.